The van der Waals surface area contributed by atoms with E-state index in [9.17, 15) is 0 Å². The lowest BCUT2D eigenvalue weighted by atomic mass is 9.81. The zero-order valence-corrected chi connectivity index (χ0v) is 13.0. The van der Waals surface area contributed by atoms with Gasteiger partial charge in [0.2, 0.25) is 0 Å². The van der Waals surface area contributed by atoms with Crippen LogP contribution in [0.3, 0.4) is 0 Å². The van der Waals surface area contributed by atoms with Crippen LogP contribution in [0.25, 0.3) is 0 Å². The van der Waals surface area contributed by atoms with Gasteiger partial charge in [-0.2, -0.15) is 0 Å². The highest BCUT2D eigenvalue weighted by Crippen LogP contribution is 2.35. The molecule has 3 fully saturated rings. The quantitative estimate of drug-likeness (QED) is 0.861. The van der Waals surface area contributed by atoms with Gasteiger partial charge in [0.25, 0.3) is 0 Å². The van der Waals surface area contributed by atoms with Gasteiger partial charge in [-0.1, -0.05) is 19.3 Å². The third kappa shape index (κ3) is 3.55. The first-order valence-electron chi connectivity index (χ1n) is 8.75. The Morgan fingerprint density at radius 2 is 1.75 bits per heavy atom. The Bertz CT molecular complexity index is 290. The first kappa shape index (κ1) is 14.8. The molecule has 0 amide bonds. The highest BCUT2D eigenvalue weighted by molar-refractivity contribution is 4.93. The Kier molecular flexibility index (Phi) is 5.00. The van der Waals surface area contributed by atoms with Crippen LogP contribution in [0.15, 0.2) is 0 Å². The molecule has 0 bridgehead atoms. The van der Waals surface area contributed by atoms with Gasteiger partial charge in [0.15, 0.2) is 0 Å². The molecule has 2 saturated heterocycles. The fraction of sp³-hybridized carbons (Fsp3) is 1.00. The van der Waals surface area contributed by atoms with E-state index in [0.29, 0.717) is 12.1 Å². The minimum Gasteiger partial charge on any atom is -0.381 e. The first-order valence-corrected chi connectivity index (χ1v) is 8.75. The molecule has 1 unspecified atom stereocenters. The fourth-order valence-corrected chi connectivity index (χ4v) is 4.40. The van der Waals surface area contributed by atoms with Gasteiger partial charge in [0, 0.05) is 31.9 Å². The Morgan fingerprint density at radius 3 is 2.50 bits per heavy atom. The molecular formula is C17H31NO2. The van der Waals surface area contributed by atoms with Crippen molar-refractivity contribution >= 4 is 0 Å². The van der Waals surface area contributed by atoms with Crippen molar-refractivity contribution in [2.24, 2.45) is 5.92 Å². The van der Waals surface area contributed by atoms with Crippen LogP contribution in [0.2, 0.25) is 0 Å². The van der Waals surface area contributed by atoms with Crippen LogP contribution in [-0.4, -0.2) is 37.5 Å². The molecule has 1 saturated carbocycles. The van der Waals surface area contributed by atoms with E-state index in [2.05, 4.69) is 12.2 Å². The molecule has 0 aromatic heterocycles. The van der Waals surface area contributed by atoms with Crippen molar-refractivity contribution in [1.82, 2.24) is 5.32 Å². The molecule has 2 aliphatic heterocycles. The minimum atomic E-state index is 0.125. The van der Waals surface area contributed by atoms with E-state index in [1.54, 1.807) is 0 Å². The van der Waals surface area contributed by atoms with E-state index >= 15 is 0 Å². The number of hydrogen-bond donors (Lipinski definition) is 1. The molecule has 2 atom stereocenters. The number of rotatable bonds is 3. The average molecular weight is 281 g/mol. The lowest BCUT2D eigenvalue weighted by Crippen LogP contribution is -2.52. The monoisotopic (exact) mass is 281 g/mol. The van der Waals surface area contributed by atoms with Gasteiger partial charge in [0.1, 0.15) is 0 Å². The summed E-state index contributed by atoms with van der Waals surface area (Å²) >= 11 is 0. The average Bonchev–Trinajstić information content (AvgIpc) is 2.49. The molecule has 116 valence electrons. The van der Waals surface area contributed by atoms with Crippen molar-refractivity contribution in [2.45, 2.75) is 82.4 Å². The highest BCUT2D eigenvalue weighted by atomic mass is 16.5. The predicted molar refractivity (Wildman–Crippen MR) is 80.9 cm³/mol. The third-order valence-corrected chi connectivity index (χ3v) is 5.75. The van der Waals surface area contributed by atoms with Gasteiger partial charge < -0.3 is 14.8 Å². The van der Waals surface area contributed by atoms with Crippen LogP contribution in [0.1, 0.15) is 64.7 Å². The molecule has 3 rings (SSSR count). The highest BCUT2D eigenvalue weighted by Gasteiger charge is 2.39. The number of nitrogens with one attached hydrogen (secondary N) is 1. The van der Waals surface area contributed by atoms with Crippen LogP contribution in [0.5, 0.6) is 0 Å². The third-order valence-electron chi connectivity index (χ3n) is 5.75. The zero-order chi connectivity index (χ0) is 13.8. The summed E-state index contributed by atoms with van der Waals surface area (Å²) in [4.78, 5) is 0. The van der Waals surface area contributed by atoms with Crippen LogP contribution in [0.4, 0.5) is 0 Å². The van der Waals surface area contributed by atoms with Crippen molar-refractivity contribution in [2.75, 3.05) is 19.8 Å². The zero-order valence-electron chi connectivity index (χ0n) is 13.0. The summed E-state index contributed by atoms with van der Waals surface area (Å²) < 4.78 is 11.7. The van der Waals surface area contributed by atoms with E-state index in [1.807, 2.05) is 0 Å². The Hall–Kier alpha value is -0.120. The van der Waals surface area contributed by atoms with E-state index in [1.165, 1.54) is 44.9 Å². The summed E-state index contributed by atoms with van der Waals surface area (Å²) in [7, 11) is 0. The smallest absolute Gasteiger partial charge is 0.0741 e. The van der Waals surface area contributed by atoms with Crippen molar-refractivity contribution in [3.8, 4) is 0 Å². The van der Waals surface area contributed by atoms with Gasteiger partial charge in [-0.25, -0.2) is 0 Å². The summed E-state index contributed by atoms with van der Waals surface area (Å²) in [6, 6.07) is 1.33. The SMILES string of the molecule is C[C@@H](NC1CCOC2(CCOCC2)C1)C1CCCCC1. The van der Waals surface area contributed by atoms with E-state index in [-0.39, 0.29) is 5.60 Å². The minimum absolute atomic E-state index is 0.125. The van der Waals surface area contributed by atoms with Crippen LogP contribution >= 0.6 is 0 Å². The summed E-state index contributed by atoms with van der Waals surface area (Å²) in [6.45, 7) is 5.09. The largest absolute Gasteiger partial charge is 0.381 e. The lowest BCUT2D eigenvalue weighted by Gasteiger charge is -2.44. The summed E-state index contributed by atoms with van der Waals surface area (Å²) in [5, 5.41) is 3.94. The molecule has 3 heteroatoms. The Morgan fingerprint density at radius 1 is 1.00 bits per heavy atom. The molecule has 3 aliphatic rings. The molecule has 1 aliphatic carbocycles. The normalized spacial score (nSPS) is 33.1. The topological polar surface area (TPSA) is 30.5 Å². The molecule has 0 aromatic rings. The van der Waals surface area contributed by atoms with Gasteiger partial charge in [-0.15, -0.1) is 0 Å². The molecule has 1 spiro atoms. The maximum absolute atomic E-state index is 6.14. The van der Waals surface area contributed by atoms with Crippen LogP contribution < -0.4 is 5.32 Å². The van der Waals surface area contributed by atoms with Gasteiger partial charge in [-0.05, 0) is 51.4 Å². The lowest BCUT2D eigenvalue weighted by molar-refractivity contribution is -0.141. The molecular weight excluding hydrogens is 250 g/mol. The van der Waals surface area contributed by atoms with Crippen molar-refractivity contribution in [1.29, 1.82) is 0 Å². The van der Waals surface area contributed by atoms with E-state index in [0.717, 1.165) is 38.6 Å². The molecule has 3 nitrogen and oxygen atoms in total. The van der Waals surface area contributed by atoms with Crippen molar-refractivity contribution in [3.63, 3.8) is 0 Å². The predicted octanol–water partition coefficient (Wildman–Crippen LogP) is 3.27. The maximum atomic E-state index is 6.14. The van der Waals surface area contributed by atoms with E-state index < -0.39 is 0 Å². The van der Waals surface area contributed by atoms with Crippen LogP contribution in [-0.2, 0) is 9.47 Å². The molecule has 0 radical (unpaired) electrons. The number of ether oxygens (including phenoxy) is 2. The van der Waals surface area contributed by atoms with Gasteiger partial charge in [-0.3, -0.25) is 0 Å². The summed E-state index contributed by atoms with van der Waals surface area (Å²) in [5.74, 6) is 0.900. The standard InChI is InChI=1S/C17H31NO2/c1-14(15-5-3-2-4-6-15)18-16-7-10-20-17(13-16)8-11-19-12-9-17/h14-16,18H,2-13H2,1H3/t14-,16?/m1/s1. The second-order valence-corrected chi connectivity index (χ2v) is 7.19. The Balaban J connectivity index is 1.51. The fourth-order valence-electron chi connectivity index (χ4n) is 4.40. The van der Waals surface area contributed by atoms with E-state index in [4.69, 9.17) is 9.47 Å². The molecule has 0 aromatic carbocycles. The maximum Gasteiger partial charge on any atom is 0.0741 e. The second-order valence-electron chi connectivity index (χ2n) is 7.19. The summed E-state index contributed by atoms with van der Waals surface area (Å²) in [5.41, 5.74) is 0.125. The molecule has 20 heavy (non-hydrogen) atoms. The van der Waals surface area contributed by atoms with Gasteiger partial charge >= 0.3 is 0 Å². The van der Waals surface area contributed by atoms with Crippen molar-refractivity contribution in [3.05, 3.63) is 0 Å². The van der Waals surface area contributed by atoms with Gasteiger partial charge in [0.05, 0.1) is 5.60 Å². The van der Waals surface area contributed by atoms with Crippen LogP contribution in [0, 0.1) is 5.92 Å². The molecule has 1 N–H and O–H groups in total. The molecule has 2 heterocycles. The second kappa shape index (κ2) is 6.76. The number of hydrogen-bond acceptors (Lipinski definition) is 3. The first-order chi connectivity index (χ1) is 9.77. The van der Waals surface area contributed by atoms with Crippen molar-refractivity contribution < 1.29 is 9.47 Å². The summed E-state index contributed by atoms with van der Waals surface area (Å²) in [6.07, 6.45) is 11.7. The Labute approximate surface area is 123 Å².